The summed E-state index contributed by atoms with van der Waals surface area (Å²) in [5.41, 5.74) is 0. The number of hydrogen-bond donors (Lipinski definition) is 0. The van der Waals surface area contributed by atoms with Crippen molar-refractivity contribution in [1.29, 1.82) is 0 Å². The molecule has 0 N–H and O–H groups in total. The van der Waals surface area contributed by atoms with Crippen molar-refractivity contribution in [1.82, 2.24) is 0 Å². The van der Waals surface area contributed by atoms with Gasteiger partial charge in [-0.25, -0.2) is 0 Å². The molecule has 0 amide bonds. The second-order valence-corrected chi connectivity index (χ2v) is 2.03. The van der Waals surface area contributed by atoms with E-state index in [2.05, 4.69) is 18.8 Å². The van der Waals surface area contributed by atoms with Crippen molar-refractivity contribution in [3.63, 3.8) is 0 Å². The third kappa shape index (κ3) is 1.20. The third-order valence-corrected chi connectivity index (χ3v) is 1.42. The highest BCUT2D eigenvalue weighted by Gasteiger charge is 2.13. The van der Waals surface area contributed by atoms with Gasteiger partial charge >= 0.3 is 0 Å². The summed E-state index contributed by atoms with van der Waals surface area (Å²) in [4.78, 5) is 0. The van der Waals surface area contributed by atoms with Crippen molar-refractivity contribution in [2.45, 2.75) is 25.7 Å². The molecule has 0 bridgehead atoms. The Hall–Kier alpha value is -0.570. The summed E-state index contributed by atoms with van der Waals surface area (Å²) in [7, 11) is 0. The van der Waals surface area contributed by atoms with E-state index in [4.69, 9.17) is 0 Å². The smallest absolute Gasteiger partial charge is 0.147 e. The summed E-state index contributed by atoms with van der Waals surface area (Å²) in [6.07, 6.45) is 4.24. The fourth-order valence-electron chi connectivity index (χ4n) is 0.817. The van der Waals surface area contributed by atoms with Crippen LogP contribution in [-0.4, -0.2) is 0 Å². The summed E-state index contributed by atoms with van der Waals surface area (Å²) in [6, 6.07) is 0. The highest BCUT2D eigenvalue weighted by atomic mass is 14.1. The molecule has 1 aliphatic carbocycles. The van der Waals surface area contributed by atoms with Gasteiger partial charge in [-0.2, -0.15) is 0 Å². The monoisotopic (exact) mass is 106 g/mol. The second-order valence-electron chi connectivity index (χ2n) is 2.03. The van der Waals surface area contributed by atoms with Gasteiger partial charge in [-0.1, -0.05) is 11.8 Å². The van der Waals surface area contributed by atoms with Crippen molar-refractivity contribution in [2.75, 3.05) is 0 Å². The Kier molecular flexibility index (Phi) is 1.86. The fraction of sp³-hybridized carbons (Fsp3) is 0.500. The van der Waals surface area contributed by atoms with E-state index in [1.54, 1.807) is 0 Å². The molecule has 42 valence electrons. The molecule has 0 aromatic heterocycles. The van der Waals surface area contributed by atoms with Gasteiger partial charge in [0, 0.05) is 6.42 Å². The van der Waals surface area contributed by atoms with E-state index in [9.17, 15) is 0 Å². The minimum absolute atomic E-state index is 0.981. The van der Waals surface area contributed by atoms with Gasteiger partial charge in [0.2, 0.25) is 0 Å². The van der Waals surface area contributed by atoms with Crippen molar-refractivity contribution in [3.05, 3.63) is 12.8 Å². The lowest BCUT2D eigenvalue weighted by Crippen LogP contribution is -1.97. The van der Waals surface area contributed by atoms with E-state index in [1.807, 2.05) is 0 Å². The van der Waals surface area contributed by atoms with Gasteiger partial charge < -0.3 is 0 Å². The highest BCUT2D eigenvalue weighted by molar-refractivity contribution is 5.14. The quantitative estimate of drug-likeness (QED) is 0.354. The molecule has 0 heterocycles. The van der Waals surface area contributed by atoms with Gasteiger partial charge in [-0.05, 0) is 6.42 Å². The largest absolute Gasteiger partial charge is 0.299 e. The van der Waals surface area contributed by atoms with E-state index in [-0.39, 0.29) is 0 Å². The molecule has 0 heteroatoms. The van der Waals surface area contributed by atoms with Crippen LogP contribution in [0, 0.1) is 24.7 Å². The van der Waals surface area contributed by atoms with Crippen molar-refractivity contribution in [2.24, 2.45) is 0 Å². The molecule has 1 rings (SSSR count). The Balaban J connectivity index is 2.32. The molecule has 0 saturated heterocycles. The summed E-state index contributed by atoms with van der Waals surface area (Å²) in [6.45, 7) is 3.80. The van der Waals surface area contributed by atoms with Crippen LogP contribution in [0.2, 0.25) is 0 Å². The maximum absolute atomic E-state index is 3.80. The summed E-state index contributed by atoms with van der Waals surface area (Å²) >= 11 is 0. The summed E-state index contributed by atoms with van der Waals surface area (Å²) in [5.74, 6) is 7.63. The predicted octanol–water partition coefficient (Wildman–Crippen LogP) is 1.97. The van der Waals surface area contributed by atoms with E-state index >= 15 is 0 Å². The summed E-state index contributed by atoms with van der Waals surface area (Å²) in [5, 5.41) is 0. The van der Waals surface area contributed by atoms with Gasteiger partial charge in [0.25, 0.3) is 0 Å². The van der Waals surface area contributed by atoms with E-state index in [0.29, 0.717) is 0 Å². The average molecular weight is 106 g/mol. The van der Waals surface area contributed by atoms with Crippen LogP contribution in [0.1, 0.15) is 25.7 Å². The Labute approximate surface area is 51.3 Å². The van der Waals surface area contributed by atoms with Crippen LogP contribution in [0.5, 0.6) is 0 Å². The first-order valence-corrected chi connectivity index (χ1v) is 3.02. The van der Waals surface area contributed by atoms with E-state index in [0.717, 1.165) is 19.3 Å². The maximum Gasteiger partial charge on any atom is 0.147 e. The SMILES string of the molecule is [CH2-]C[C+]1CC#CCC1. The van der Waals surface area contributed by atoms with Crippen LogP contribution in [0.25, 0.3) is 0 Å². The van der Waals surface area contributed by atoms with Crippen LogP contribution in [0.3, 0.4) is 0 Å². The molecular formula is C8H10. The Morgan fingerprint density at radius 2 is 2.38 bits per heavy atom. The molecule has 0 unspecified atom stereocenters. The fourth-order valence-corrected chi connectivity index (χ4v) is 0.817. The first kappa shape index (κ1) is 5.56. The van der Waals surface area contributed by atoms with Crippen LogP contribution in [0.15, 0.2) is 0 Å². The molecule has 0 aromatic rings. The molecule has 0 atom stereocenters. The van der Waals surface area contributed by atoms with Crippen LogP contribution < -0.4 is 0 Å². The van der Waals surface area contributed by atoms with Crippen LogP contribution in [0.4, 0.5) is 0 Å². The first-order valence-electron chi connectivity index (χ1n) is 3.02. The van der Waals surface area contributed by atoms with Gasteiger partial charge in [0.15, 0.2) is 0 Å². The van der Waals surface area contributed by atoms with E-state index < -0.39 is 0 Å². The van der Waals surface area contributed by atoms with Gasteiger partial charge in [-0.3, -0.25) is 6.92 Å². The van der Waals surface area contributed by atoms with Crippen molar-refractivity contribution in [3.8, 4) is 11.8 Å². The molecule has 0 radical (unpaired) electrons. The lowest BCUT2D eigenvalue weighted by Gasteiger charge is -2.03. The lowest BCUT2D eigenvalue weighted by molar-refractivity contribution is 0.761. The minimum atomic E-state index is 0.981. The molecular weight excluding hydrogens is 96.1 g/mol. The lowest BCUT2D eigenvalue weighted by atomic mass is 9.94. The Morgan fingerprint density at radius 3 is 2.75 bits per heavy atom. The van der Waals surface area contributed by atoms with Crippen LogP contribution >= 0.6 is 0 Å². The van der Waals surface area contributed by atoms with Crippen LogP contribution in [-0.2, 0) is 0 Å². The van der Waals surface area contributed by atoms with Crippen molar-refractivity contribution >= 4 is 0 Å². The highest BCUT2D eigenvalue weighted by Crippen LogP contribution is 2.18. The zero-order valence-electron chi connectivity index (χ0n) is 5.04. The maximum atomic E-state index is 3.80. The first-order chi connectivity index (χ1) is 3.93. The molecule has 0 aromatic carbocycles. The number of rotatable bonds is 1. The summed E-state index contributed by atoms with van der Waals surface area (Å²) < 4.78 is 0. The topological polar surface area (TPSA) is 0 Å². The second kappa shape index (κ2) is 2.67. The van der Waals surface area contributed by atoms with Gasteiger partial charge in [-0.15, -0.1) is 0 Å². The van der Waals surface area contributed by atoms with E-state index in [1.165, 1.54) is 12.3 Å². The predicted molar refractivity (Wildman–Crippen MR) is 34.8 cm³/mol. The molecule has 0 aliphatic heterocycles. The third-order valence-electron chi connectivity index (χ3n) is 1.42. The standard InChI is InChI=1S/C8H10/c1-2-8-6-4-3-5-7-8/h1-2,4,6-7H2. The molecule has 8 heavy (non-hydrogen) atoms. The Morgan fingerprint density at radius 1 is 1.50 bits per heavy atom. The number of hydrogen-bond acceptors (Lipinski definition) is 0. The zero-order valence-corrected chi connectivity index (χ0v) is 5.04. The Bertz CT molecular complexity index is 114. The normalized spacial score (nSPS) is 17.4. The van der Waals surface area contributed by atoms with Crippen molar-refractivity contribution < 1.29 is 0 Å². The molecule has 0 nitrogen and oxygen atoms in total. The molecule has 0 saturated carbocycles. The van der Waals surface area contributed by atoms with Gasteiger partial charge in [0.1, 0.15) is 6.42 Å². The average Bonchev–Trinajstić information content (AvgIpc) is 1.90. The van der Waals surface area contributed by atoms with Gasteiger partial charge in [0.05, 0.1) is 12.3 Å². The molecule has 1 aliphatic rings. The minimum Gasteiger partial charge on any atom is -0.299 e. The zero-order chi connectivity index (χ0) is 5.82. The molecule has 0 fully saturated rings. The molecule has 0 spiro atoms.